The van der Waals surface area contributed by atoms with E-state index >= 15 is 0 Å². The molecule has 2 fully saturated rings. The summed E-state index contributed by atoms with van der Waals surface area (Å²) in [5.74, 6) is 0.910. The van der Waals surface area contributed by atoms with Crippen molar-refractivity contribution < 1.29 is 17.9 Å². The molecule has 0 aliphatic carbocycles. The van der Waals surface area contributed by atoms with E-state index in [0.29, 0.717) is 32.7 Å². The van der Waals surface area contributed by atoms with Gasteiger partial charge in [0.2, 0.25) is 5.91 Å². The molecule has 2 saturated heterocycles. The number of ether oxygens (including phenoxy) is 1. The van der Waals surface area contributed by atoms with Gasteiger partial charge >= 0.3 is 0 Å². The number of thioether (sulfide) groups is 1. The van der Waals surface area contributed by atoms with Crippen LogP contribution in [0, 0.1) is 0 Å². The summed E-state index contributed by atoms with van der Waals surface area (Å²) >= 11 is 1.42. The van der Waals surface area contributed by atoms with Gasteiger partial charge in [-0.15, -0.1) is 0 Å². The van der Waals surface area contributed by atoms with Gasteiger partial charge in [0.1, 0.15) is 10.9 Å². The van der Waals surface area contributed by atoms with E-state index in [2.05, 4.69) is 4.90 Å². The monoisotopic (exact) mass is 478 g/mol. The van der Waals surface area contributed by atoms with E-state index < -0.39 is 9.84 Å². The van der Waals surface area contributed by atoms with Crippen LogP contribution in [0.2, 0.25) is 0 Å². The Kier molecular flexibility index (Phi) is 7.34. The maximum Gasteiger partial charge on any atom is 0.236 e. The average molecular weight is 479 g/mol. The molecule has 0 radical (unpaired) electrons. The molecule has 2 atom stereocenters. The molecule has 3 heterocycles. The van der Waals surface area contributed by atoms with Crippen LogP contribution in [-0.2, 0) is 25.9 Å². The lowest BCUT2D eigenvalue weighted by molar-refractivity contribution is -0.131. The molecular weight excluding hydrogens is 448 g/mol. The number of hydrogen-bond acceptors (Lipinski definition) is 8. The lowest BCUT2D eigenvalue weighted by atomic mass is 10.2. The number of benzene rings is 1. The third-order valence-corrected chi connectivity index (χ3v) is 8.83. The number of hydrogen-bond donors (Lipinski definition) is 0. The number of fused-ring (bicyclic) bond motifs is 1. The Morgan fingerprint density at radius 1 is 1.28 bits per heavy atom. The van der Waals surface area contributed by atoms with Crippen molar-refractivity contribution in [1.29, 1.82) is 0 Å². The molecule has 2 aromatic rings. The fourth-order valence-electron chi connectivity index (χ4n) is 4.28. The molecular formula is C22H30N4O4S2. The Labute approximate surface area is 193 Å². The predicted molar refractivity (Wildman–Crippen MR) is 125 cm³/mol. The lowest BCUT2D eigenvalue weighted by Gasteiger charge is -2.29. The van der Waals surface area contributed by atoms with E-state index in [1.807, 2.05) is 38.1 Å². The SMILES string of the molecule is CCN(C(=O)[C@H](C)Sc1nc(CN2CCOCC2)nc2ccccc12)[C@@H]1CCS(=O)(=O)C1. The standard InChI is InChI=1S/C22H30N4O4S2/c1-3-26(17-8-13-32(28,29)15-17)22(27)16(2)31-21-18-6-4-5-7-19(18)23-20(24-21)14-25-9-11-30-12-10-25/h4-7,16-17H,3,8-15H2,1-2H3/t16-,17+/m0/s1. The second kappa shape index (κ2) is 10.0. The van der Waals surface area contributed by atoms with Gasteiger partial charge in [0, 0.05) is 31.1 Å². The number of amides is 1. The smallest absolute Gasteiger partial charge is 0.236 e. The predicted octanol–water partition coefficient (Wildman–Crippen LogP) is 1.98. The Morgan fingerprint density at radius 2 is 2.03 bits per heavy atom. The van der Waals surface area contributed by atoms with E-state index in [-0.39, 0.29) is 28.7 Å². The van der Waals surface area contributed by atoms with Gasteiger partial charge in [-0.05, 0) is 26.3 Å². The van der Waals surface area contributed by atoms with E-state index in [1.54, 1.807) is 4.90 Å². The quantitative estimate of drug-likeness (QED) is 0.441. The van der Waals surface area contributed by atoms with Crippen molar-refractivity contribution in [3.05, 3.63) is 30.1 Å². The van der Waals surface area contributed by atoms with Gasteiger partial charge in [-0.2, -0.15) is 0 Å². The normalized spacial score (nSPS) is 22.1. The zero-order valence-corrected chi connectivity index (χ0v) is 20.2. The van der Waals surface area contributed by atoms with Gasteiger partial charge in [-0.25, -0.2) is 18.4 Å². The molecule has 0 N–H and O–H groups in total. The van der Waals surface area contributed by atoms with E-state index in [4.69, 9.17) is 14.7 Å². The highest BCUT2D eigenvalue weighted by atomic mass is 32.2. The summed E-state index contributed by atoms with van der Waals surface area (Å²) in [7, 11) is -3.05. The first-order valence-electron chi connectivity index (χ1n) is 11.1. The summed E-state index contributed by atoms with van der Waals surface area (Å²) in [6.07, 6.45) is 0.513. The van der Waals surface area contributed by atoms with E-state index in [9.17, 15) is 13.2 Å². The Balaban J connectivity index is 1.54. The molecule has 0 bridgehead atoms. The highest BCUT2D eigenvalue weighted by Gasteiger charge is 2.35. The van der Waals surface area contributed by atoms with Gasteiger partial charge in [0.25, 0.3) is 0 Å². The van der Waals surface area contributed by atoms with Crippen molar-refractivity contribution >= 4 is 38.4 Å². The number of rotatable bonds is 7. The topological polar surface area (TPSA) is 92.7 Å². The number of carbonyl (C=O) groups is 1. The Bertz CT molecular complexity index is 1070. The fourth-order valence-corrected chi connectivity index (χ4v) is 7.04. The van der Waals surface area contributed by atoms with Crippen LogP contribution < -0.4 is 0 Å². The largest absolute Gasteiger partial charge is 0.379 e. The number of morpholine rings is 1. The molecule has 1 aromatic carbocycles. The molecule has 0 unspecified atom stereocenters. The van der Waals surface area contributed by atoms with Gasteiger partial charge in [0.15, 0.2) is 9.84 Å². The number of sulfone groups is 1. The van der Waals surface area contributed by atoms with Crippen LogP contribution in [0.3, 0.4) is 0 Å². The minimum Gasteiger partial charge on any atom is -0.379 e. The molecule has 32 heavy (non-hydrogen) atoms. The molecule has 4 rings (SSSR count). The zero-order valence-electron chi connectivity index (χ0n) is 18.6. The highest BCUT2D eigenvalue weighted by molar-refractivity contribution is 8.00. The van der Waals surface area contributed by atoms with Crippen LogP contribution in [0.5, 0.6) is 0 Å². The maximum atomic E-state index is 13.3. The number of aromatic nitrogens is 2. The second-order valence-electron chi connectivity index (χ2n) is 8.29. The minimum absolute atomic E-state index is 0.0444. The van der Waals surface area contributed by atoms with Crippen molar-refractivity contribution in [3.63, 3.8) is 0 Å². The molecule has 2 aliphatic heterocycles. The van der Waals surface area contributed by atoms with Crippen LogP contribution in [0.15, 0.2) is 29.3 Å². The van der Waals surface area contributed by atoms with Crippen LogP contribution in [0.1, 0.15) is 26.1 Å². The third-order valence-electron chi connectivity index (χ3n) is 5.99. The van der Waals surface area contributed by atoms with Gasteiger partial charge in [-0.1, -0.05) is 30.0 Å². The second-order valence-corrected chi connectivity index (χ2v) is 11.9. The molecule has 1 aromatic heterocycles. The summed E-state index contributed by atoms with van der Waals surface area (Å²) in [5, 5.41) is 1.33. The molecule has 10 heteroatoms. The highest BCUT2D eigenvalue weighted by Crippen LogP contribution is 2.31. The average Bonchev–Trinajstić information content (AvgIpc) is 3.14. The summed E-state index contributed by atoms with van der Waals surface area (Å²) in [6.45, 7) is 8.04. The summed E-state index contributed by atoms with van der Waals surface area (Å²) in [6, 6.07) is 7.62. The minimum atomic E-state index is -3.05. The fraction of sp³-hybridized carbons (Fsp3) is 0.591. The van der Waals surface area contributed by atoms with Gasteiger partial charge in [0.05, 0.1) is 42.0 Å². The van der Waals surface area contributed by atoms with Crippen molar-refractivity contribution in [2.24, 2.45) is 0 Å². The van der Waals surface area contributed by atoms with Crippen molar-refractivity contribution in [2.75, 3.05) is 44.4 Å². The number of carbonyl (C=O) groups excluding carboxylic acids is 1. The maximum absolute atomic E-state index is 13.3. The molecule has 174 valence electrons. The summed E-state index contributed by atoms with van der Waals surface area (Å²) in [4.78, 5) is 26.8. The summed E-state index contributed by atoms with van der Waals surface area (Å²) < 4.78 is 29.3. The Hall–Kier alpha value is -1.75. The van der Waals surface area contributed by atoms with Crippen molar-refractivity contribution in [3.8, 4) is 0 Å². The lowest BCUT2D eigenvalue weighted by Crippen LogP contribution is -2.44. The van der Waals surface area contributed by atoms with Gasteiger partial charge in [-0.3, -0.25) is 9.69 Å². The molecule has 0 saturated carbocycles. The van der Waals surface area contributed by atoms with Crippen LogP contribution >= 0.6 is 11.8 Å². The molecule has 8 nitrogen and oxygen atoms in total. The van der Waals surface area contributed by atoms with E-state index in [1.165, 1.54) is 11.8 Å². The first kappa shape index (κ1) is 23.4. The first-order valence-corrected chi connectivity index (χ1v) is 13.8. The first-order chi connectivity index (χ1) is 15.4. The van der Waals surface area contributed by atoms with E-state index in [0.717, 1.165) is 34.8 Å². The molecule has 0 spiro atoms. The van der Waals surface area contributed by atoms with Crippen molar-refractivity contribution in [1.82, 2.24) is 19.8 Å². The third kappa shape index (κ3) is 5.41. The van der Waals surface area contributed by atoms with Gasteiger partial charge < -0.3 is 9.64 Å². The number of nitrogens with zero attached hydrogens (tertiary/aromatic N) is 4. The molecule has 2 aliphatic rings. The Morgan fingerprint density at radius 3 is 2.72 bits per heavy atom. The van der Waals surface area contributed by atoms with Crippen LogP contribution in [0.25, 0.3) is 10.9 Å². The zero-order chi connectivity index (χ0) is 22.7. The summed E-state index contributed by atoms with van der Waals surface area (Å²) in [5.41, 5.74) is 0.863. The number of para-hydroxylation sites is 1. The molecule has 1 amide bonds. The van der Waals surface area contributed by atoms with Crippen LogP contribution in [0.4, 0.5) is 0 Å². The van der Waals surface area contributed by atoms with Crippen molar-refractivity contribution in [2.45, 2.75) is 43.1 Å². The van der Waals surface area contributed by atoms with Crippen LogP contribution in [-0.4, -0.2) is 89.7 Å².